The van der Waals surface area contributed by atoms with E-state index in [4.69, 9.17) is 15.0 Å². The molecule has 16 rings (SSSR count). The van der Waals surface area contributed by atoms with Gasteiger partial charge in [-0.25, -0.2) is 4.98 Å². The van der Waals surface area contributed by atoms with Crippen LogP contribution in [-0.2, 0) is 0 Å². The molecular weight excluding hydrogens is 913 g/mol. The van der Waals surface area contributed by atoms with Crippen LogP contribution in [0.2, 0.25) is 0 Å². The van der Waals surface area contributed by atoms with E-state index < -0.39 is 0 Å². The zero-order valence-corrected chi connectivity index (χ0v) is 40.4. The number of fused-ring (bicyclic) bond motifs is 15. The number of nitrogens with zero attached hydrogens (tertiary/aromatic N) is 6. The van der Waals surface area contributed by atoms with Crippen molar-refractivity contribution in [3.8, 4) is 51.2 Å². The number of aromatic nitrogens is 6. The van der Waals surface area contributed by atoms with Crippen molar-refractivity contribution in [2.45, 2.75) is 0 Å². The Morgan fingerprint density at radius 1 is 0.227 bits per heavy atom. The predicted molar refractivity (Wildman–Crippen MR) is 312 cm³/mol. The van der Waals surface area contributed by atoms with Crippen LogP contribution in [0.1, 0.15) is 0 Å². The molecule has 348 valence electrons. The fourth-order valence-electron chi connectivity index (χ4n) is 12.2. The van der Waals surface area contributed by atoms with Crippen LogP contribution in [0.5, 0.6) is 0 Å². The monoisotopic (exact) mass is 954 g/mol. The molecule has 0 spiro atoms. The van der Waals surface area contributed by atoms with Crippen molar-refractivity contribution in [2.24, 2.45) is 0 Å². The lowest BCUT2D eigenvalue weighted by molar-refractivity contribution is 0.954. The lowest BCUT2D eigenvalue weighted by Gasteiger charge is -2.13. The zero-order valence-electron chi connectivity index (χ0n) is 40.4. The summed E-state index contributed by atoms with van der Waals surface area (Å²) in [6.45, 7) is 0. The molecule has 6 nitrogen and oxygen atoms in total. The average Bonchev–Trinajstić information content (AvgIpc) is 4.19. The third-order valence-corrected chi connectivity index (χ3v) is 15.5. The van der Waals surface area contributed by atoms with Gasteiger partial charge in [0.15, 0.2) is 11.6 Å². The highest BCUT2D eigenvalue weighted by atomic mass is 15.2. The quantitative estimate of drug-likeness (QED) is 0.156. The van der Waals surface area contributed by atoms with Gasteiger partial charge in [0.25, 0.3) is 0 Å². The molecule has 4 aromatic heterocycles. The maximum atomic E-state index is 5.53. The molecule has 0 unspecified atom stereocenters. The second kappa shape index (κ2) is 16.2. The minimum absolute atomic E-state index is 0.552. The first kappa shape index (κ1) is 41.4. The molecule has 0 saturated carbocycles. The van der Waals surface area contributed by atoms with Crippen LogP contribution < -0.4 is 0 Å². The summed E-state index contributed by atoms with van der Waals surface area (Å²) in [6.07, 6.45) is 0. The van der Waals surface area contributed by atoms with Gasteiger partial charge in [-0.05, 0) is 110 Å². The van der Waals surface area contributed by atoms with Gasteiger partial charge in [-0.15, -0.1) is 0 Å². The molecule has 16 aromatic rings. The molecule has 0 aliphatic heterocycles. The van der Waals surface area contributed by atoms with Crippen molar-refractivity contribution in [1.82, 2.24) is 28.7 Å². The Labute approximate surface area is 430 Å². The first-order chi connectivity index (χ1) is 37.2. The van der Waals surface area contributed by atoms with Crippen LogP contribution in [0.3, 0.4) is 0 Å². The van der Waals surface area contributed by atoms with Crippen LogP contribution in [0.25, 0.3) is 149 Å². The van der Waals surface area contributed by atoms with Crippen molar-refractivity contribution in [3.63, 3.8) is 0 Å². The van der Waals surface area contributed by atoms with Gasteiger partial charge in [-0.1, -0.05) is 188 Å². The minimum Gasteiger partial charge on any atom is -0.309 e. The van der Waals surface area contributed by atoms with E-state index in [1.54, 1.807) is 0 Å². The second-order valence-electron chi connectivity index (χ2n) is 19.5. The van der Waals surface area contributed by atoms with E-state index in [0.29, 0.717) is 17.6 Å². The molecule has 0 atom stereocenters. The van der Waals surface area contributed by atoms with Gasteiger partial charge in [-0.2, -0.15) is 9.97 Å². The number of hydrogen-bond acceptors (Lipinski definition) is 3. The van der Waals surface area contributed by atoms with E-state index in [-0.39, 0.29) is 0 Å². The second-order valence-corrected chi connectivity index (χ2v) is 19.5. The summed E-state index contributed by atoms with van der Waals surface area (Å²) < 4.78 is 6.99. The van der Waals surface area contributed by atoms with Crippen LogP contribution in [0.4, 0.5) is 0 Å². The molecule has 0 saturated heterocycles. The fraction of sp³-hybridized carbons (Fsp3) is 0. The van der Waals surface area contributed by atoms with E-state index in [0.717, 1.165) is 77.1 Å². The number of benzene rings is 12. The van der Waals surface area contributed by atoms with Gasteiger partial charge in [0.1, 0.15) is 0 Å². The Bertz CT molecular complexity index is 4950. The molecular formula is C69H42N6. The average molecular weight is 955 g/mol. The van der Waals surface area contributed by atoms with Gasteiger partial charge in [-0.3, -0.25) is 4.57 Å². The van der Waals surface area contributed by atoms with Crippen LogP contribution in [-0.4, -0.2) is 28.7 Å². The van der Waals surface area contributed by atoms with Crippen molar-refractivity contribution >= 4 is 97.7 Å². The summed E-state index contributed by atoms with van der Waals surface area (Å²) in [5.74, 6) is 1.76. The smallest absolute Gasteiger partial charge is 0.238 e. The van der Waals surface area contributed by atoms with Crippen molar-refractivity contribution < 1.29 is 0 Å². The lowest BCUT2D eigenvalue weighted by Crippen LogP contribution is -2.06. The molecule has 0 N–H and O–H groups in total. The van der Waals surface area contributed by atoms with Crippen LogP contribution >= 0.6 is 0 Å². The molecule has 0 bridgehead atoms. The van der Waals surface area contributed by atoms with Crippen LogP contribution in [0.15, 0.2) is 255 Å². The number of hydrogen-bond donors (Lipinski definition) is 0. The van der Waals surface area contributed by atoms with Crippen LogP contribution in [0, 0.1) is 0 Å². The summed E-state index contributed by atoms with van der Waals surface area (Å²) in [5, 5.41) is 14.5. The predicted octanol–water partition coefficient (Wildman–Crippen LogP) is 17.6. The minimum atomic E-state index is 0.552. The Balaban J connectivity index is 0.904. The number of rotatable bonds is 6. The lowest BCUT2D eigenvalue weighted by atomic mass is 9.92. The normalized spacial score (nSPS) is 12.0. The van der Waals surface area contributed by atoms with Crippen molar-refractivity contribution in [1.29, 1.82) is 0 Å². The van der Waals surface area contributed by atoms with Gasteiger partial charge >= 0.3 is 0 Å². The Hall–Kier alpha value is -10.2. The largest absolute Gasteiger partial charge is 0.309 e. The maximum Gasteiger partial charge on any atom is 0.238 e. The Kier molecular flexibility index (Phi) is 8.94. The van der Waals surface area contributed by atoms with E-state index in [2.05, 4.69) is 250 Å². The van der Waals surface area contributed by atoms with E-state index in [1.165, 1.54) is 54.2 Å². The van der Waals surface area contributed by atoms with Crippen molar-refractivity contribution in [3.05, 3.63) is 255 Å². The van der Waals surface area contributed by atoms with E-state index in [1.807, 2.05) is 18.2 Å². The van der Waals surface area contributed by atoms with Gasteiger partial charge in [0.2, 0.25) is 5.95 Å². The van der Waals surface area contributed by atoms with Crippen molar-refractivity contribution in [2.75, 3.05) is 0 Å². The zero-order chi connectivity index (χ0) is 49.1. The Morgan fingerprint density at radius 2 is 0.693 bits per heavy atom. The SMILES string of the molecule is c1ccc(-c2nc(-c3cccc4c3c3ccccc3n4-c3ccccc3)nc(-n3c4ccccc4c4cc5c6ccccc6n(-c6ccc(-c7ccc8c9ccccc9c9ccccc9c8c7)cc6)c5cc43)n2)cc1. The molecule has 0 amide bonds. The molecule has 0 fully saturated rings. The van der Waals surface area contributed by atoms with E-state index in [9.17, 15) is 0 Å². The molecule has 12 aromatic carbocycles. The van der Waals surface area contributed by atoms with E-state index >= 15 is 0 Å². The standard InChI is InChI=1S/C69H42N6/c1-3-18-44(19-4-1)67-70-68(56-29-17-33-63-66(56)55-28-13-16-32-62(55)73(63)46-20-5-2-6-21-46)72-69(71-67)75-61-31-15-12-27-54(61)59-41-58-53-26-11-14-30-60(53)74(64(58)42-65(59)75)47-37-34-43(35-38-47)45-36-39-52-50-24-8-7-22-48(50)49-23-9-10-25-51(49)57(52)40-45/h1-42H. The summed E-state index contributed by atoms with van der Waals surface area (Å²) in [5.41, 5.74) is 12.9. The molecule has 0 aliphatic carbocycles. The molecule has 75 heavy (non-hydrogen) atoms. The van der Waals surface area contributed by atoms with Gasteiger partial charge in [0, 0.05) is 54.8 Å². The fourth-order valence-corrected chi connectivity index (χ4v) is 12.2. The molecule has 4 heterocycles. The van der Waals surface area contributed by atoms with Gasteiger partial charge < -0.3 is 9.13 Å². The molecule has 0 aliphatic rings. The highest BCUT2D eigenvalue weighted by Gasteiger charge is 2.23. The molecule has 0 radical (unpaired) electrons. The maximum absolute atomic E-state index is 5.53. The first-order valence-corrected chi connectivity index (χ1v) is 25.5. The Morgan fingerprint density at radius 3 is 1.36 bits per heavy atom. The third-order valence-electron chi connectivity index (χ3n) is 15.5. The summed E-state index contributed by atoms with van der Waals surface area (Å²) >= 11 is 0. The highest BCUT2D eigenvalue weighted by molar-refractivity contribution is 6.26. The first-order valence-electron chi connectivity index (χ1n) is 25.5. The molecule has 6 heteroatoms. The summed E-state index contributed by atoms with van der Waals surface area (Å²) in [7, 11) is 0. The van der Waals surface area contributed by atoms with Gasteiger partial charge in [0.05, 0.1) is 33.1 Å². The third kappa shape index (κ3) is 6.24. The highest BCUT2D eigenvalue weighted by Crippen LogP contribution is 2.43. The number of para-hydroxylation sites is 4. The summed E-state index contributed by atoms with van der Waals surface area (Å²) in [4.78, 5) is 16.3. The topological polar surface area (TPSA) is 53.5 Å². The summed E-state index contributed by atoms with van der Waals surface area (Å²) in [6, 6.07) is 91.6.